The molecule has 1 aliphatic rings. The molecule has 1 aliphatic carbocycles. The van der Waals surface area contributed by atoms with Gasteiger partial charge in [-0.3, -0.25) is 4.79 Å². The van der Waals surface area contributed by atoms with Gasteiger partial charge in [-0.05, 0) is 19.3 Å². The summed E-state index contributed by atoms with van der Waals surface area (Å²) in [6, 6.07) is 0. The maximum atomic E-state index is 11.7. The van der Waals surface area contributed by atoms with Gasteiger partial charge >= 0.3 is 5.97 Å². The van der Waals surface area contributed by atoms with Crippen LogP contribution in [0.15, 0.2) is 0 Å². The quantitative estimate of drug-likeness (QED) is 0.704. The lowest BCUT2D eigenvalue weighted by Crippen LogP contribution is -2.55. The van der Waals surface area contributed by atoms with Gasteiger partial charge in [-0.15, -0.1) is 0 Å². The Balaban J connectivity index is 2.37. The molecule has 1 rings (SSSR count). The molecule has 5 nitrogen and oxygen atoms in total. The number of carbonyl (C=O) groups is 2. The summed E-state index contributed by atoms with van der Waals surface area (Å²) >= 11 is 0. The van der Waals surface area contributed by atoms with E-state index in [-0.39, 0.29) is 12.5 Å². The van der Waals surface area contributed by atoms with E-state index < -0.39 is 11.5 Å². The van der Waals surface area contributed by atoms with Crippen molar-refractivity contribution in [2.75, 3.05) is 13.7 Å². The second-order valence-electron chi connectivity index (χ2n) is 4.95. The Labute approximate surface area is 102 Å². The highest BCUT2D eigenvalue weighted by atomic mass is 16.5. The molecule has 5 heteroatoms. The molecule has 0 saturated heterocycles. The van der Waals surface area contributed by atoms with Crippen molar-refractivity contribution < 1.29 is 19.4 Å². The average molecular weight is 243 g/mol. The first-order valence-electron chi connectivity index (χ1n) is 6.01. The van der Waals surface area contributed by atoms with Crippen LogP contribution in [0, 0.1) is 5.92 Å². The molecule has 1 unspecified atom stereocenters. The molecule has 0 radical (unpaired) electrons. The predicted octanol–water partition coefficient (Wildman–Crippen LogP) is 1.17. The van der Waals surface area contributed by atoms with Gasteiger partial charge in [-0.1, -0.05) is 19.3 Å². The summed E-state index contributed by atoms with van der Waals surface area (Å²) in [4.78, 5) is 22.7. The first-order valence-corrected chi connectivity index (χ1v) is 6.01. The minimum absolute atomic E-state index is 0.0303. The van der Waals surface area contributed by atoms with E-state index in [1.54, 1.807) is 0 Å². The first kappa shape index (κ1) is 14.0. The van der Waals surface area contributed by atoms with Gasteiger partial charge in [0.15, 0.2) is 5.54 Å². The van der Waals surface area contributed by atoms with E-state index in [2.05, 4.69) is 5.32 Å². The topological polar surface area (TPSA) is 75.6 Å². The van der Waals surface area contributed by atoms with Crippen LogP contribution in [0.4, 0.5) is 0 Å². The smallest absolute Gasteiger partial charge is 0.331 e. The fourth-order valence-electron chi connectivity index (χ4n) is 1.93. The summed E-state index contributed by atoms with van der Waals surface area (Å²) in [6.07, 6.45) is 4.90. The highest BCUT2D eigenvalue weighted by Gasteiger charge is 2.35. The van der Waals surface area contributed by atoms with Crippen LogP contribution in [0.1, 0.15) is 39.0 Å². The summed E-state index contributed by atoms with van der Waals surface area (Å²) in [5, 5.41) is 11.6. The second kappa shape index (κ2) is 6.00. The fraction of sp³-hybridized carbons (Fsp3) is 0.833. The Kier molecular flexibility index (Phi) is 4.93. The number of methoxy groups -OCH3 is 1. The Morgan fingerprint density at radius 2 is 2.12 bits per heavy atom. The number of carboxylic acid groups (broad SMARTS) is 1. The van der Waals surface area contributed by atoms with Crippen LogP contribution < -0.4 is 5.32 Å². The highest BCUT2D eigenvalue weighted by molar-refractivity contribution is 5.86. The fourth-order valence-corrected chi connectivity index (χ4v) is 1.93. The number of hydrogen-bond acceptors (Lipinski definition) is 3. The van der Waals surface area contributed by atoms with E-state index in [1.807, 2.05) is 0 Å². The monoisotopic (exact) mass is 243 g/mol. The molecule has 98 valence electrons. The van der Waals surface area contributed by atoms with Gasteiger partial charge < -0.3 is 15.2 Å². The Morgan fingerprint density at radius 1 is 1.47 bits per heavy atom. The number of nitrogens with one attached hydrogen (secondary N) is 1. The van der Waals surface area contributed by atoms with Gasteiger partial charge in [-0.25, -0.2) is 4.79 Å². The maximum Gasteiger partial charge on any atom is 0.331 e. The summed E-state index contributed by atoms with van der Waals surface area (Å²) in [7, 11) is 1.42. The number of hydrogen-bond donors (Lipinski definition) is 2. The van der Waals surface area contributed by atoms with Crippen molar-refractivity contribution in [3.8, 4) is 0 Å². The number of carboxylic acids is 1. The van der Waals surface area contributed by atoms with Crippen molar-refractivity contribution in [3.05, 3.63) is 0 Å². The zero-order chi connectivity index (χ0) is 12.9. The largest absolute Gasteiger partial charge is 0.479 e. The van der Waals surface area contributed by atoms with Crippen LogP contribution in [0.5, 0.6) is 0 Å². The zero-order valence-electron chi connectivity index (χ0n) is 10.5. The first-order chi connectivity index (χ1) is 7.98. The van der Waals surface area contributed by atoms with E-state index in [0.29, 0.717) is 12.3 Å². The molecule has 0 heterocycles. The van der Waals surface area contributed by atoms with Gasteiger partial charge in [0.1, 0.15) is 0 Å². The summed E-state index contributed by atoms with van der Waals surface area (Å²) in [5.74, 6) is -0.630. The zero-order valence-corrected chi connectivity index (χ0v) is 10.5. The Bertz CT molecular complexity index is 288. The van der Waals surface area contributed by atoms with E-state index in [1.165, 1.54) is 33.3 Å². The molecule has 1 saturated carbocycles. The molecule has 1 fully saturated rings. The minimum Gasteiger partial charge on any atom is -0.479 e. The molecule has 2 N–H and O–H groups in total. The van der Waals surface area contributed by atoms with Crippen molar-refractivity contribution in [1.29, 1.82) is 0 Å². The number of aliphatic carboxylic acids is 1. The molecular weight excluding hydrogens is 222 g/mol. The van der Waals surface area contributed by atoms with Crippen LogP contribution in [-0.4, -0.2) is 36.2 Å². The van der Waals surface area contributed by atoms with Crippen molar-refractivity contribution in [2.24, 2.45) is 5.92 Å². The van der Waals surface area contributed by atoms with Crippen molar-refractivity contribution >= 4 is 11.9 Å². The molecule has 1 amide bonds. The van der Waals surface area contributed by atoms with E-state index >= 15 is 0 Å². The van der Waals surface area contributed by atoms with Gasteiger partial charge in [0.2, 0.25) is 5.91 Å². The van der Waals surface area contributed by atoms with E-state index in [4.69, 9.17) is 9.84 Å². The maximum absolute atomic E-state index is 11.7. The molecule has 0 aromatic rings. The number of amides is 1. The molecule has 0 aliphatic heterocycles. The lowest BCUT2D eigenvalue weighted by molar-refractivity contribution is -0.149. The van der Waals surface area contributed by atoms with E-state index in [9.17, 15) is 9.59 Å². The SMILES string of the molecule is COCC(C)(NC(=O)CCC1CCC1)C(=O)O. The van der Waals surface area contributed by atoms with Gasteiger partial charge in [0.05, 0.1) is 6.61 Å². The van der Waals surface area contributed by atoms with Crippen LogP contribution in [0.3, 0.4) is 0 Å². The third-order valence-corrected chi connectivity index (χ3v) is 3.32. The standard InChI is InChI=1S/C12H21NO4/c1-12(8-17-2,11(15)16)13-10(14)7-6-9-4-3-5-9/h9H,3-8H2,1-2H3,(H,13,14)(H,15,16). The second-order valence-corrected chi connectivity index (χ2v) is 4.95. The van der Waals surface area contributed by atoms with Crippen LogP contribution in [0.2, 0.25) is 0 Å². The molecule has 0 spiro atoms. The van der Waals surface area contributed by atoms with Crippen molar-refractivity contribution in [1.82, 2.24) is 5.32 Å². The number of ether oxygens (including phenoxy) is 1. The minimum atomic E-state index is -1.33. The number of rotatable bonds is 7. The summed E-state index contributed by atoms with van der Waals surface area (Å²) in [5.41, 5.74) is -1.33. The summed E-state index contributed by atoms with van der Waals surface area (Å²) < 4.78 is 4.83. The van der Waals surface area contributed by atoms with Crippen molar-refractivity contribution in [2.45, 2.75) is 44.6 Å². The lowest BCUT2D eigenvalue weighted by atomic mass is 9.82. The van der Waals surface area contributed by atoms with Crippen LogP contribution >= 0.6 is 0 Å². The van der Waals surface area contributed by atoms with Crippen molar-refractivity contribution in [3.63, 3.8) is 0 Å². The van der Waals surface area contributed by atoms with Gasteiger partial charge in [-0.2, -0.15) is 0 Å². The van der Waals surface area contributed by atoms with Crippen LogP contribution in [0.25, 0.3) is 0 Å². The van der Waals surface area contributed by atoms with Crippen LogP contribution in [-0.2, 0) is 14.3 Å². The predicted molar refractivity (Wildman–Crippen MR) is 62.6 cm³/mol. The Hall–Kier alpha value is -1.10. The summed E-state index contributed by atoms with van der Waals surface area (Å²) in [6.45, 7) is 1.43. The van der Waals surface area contributed by atoms with Gasteiger partial charge in [0, 0.05) is 13.5 Å². The highest BCUT2D eigenvalue weighted by Crippen LogP contribution is 2.30. The number of carbonyl (C=O) groups excluding carboxylic acids is 1. The third kappa shape index (κ3) is 4.00. The third-order valence-electron chi connectivity index (χ3n) is 3.32. The molecular formula is C12H21NO4. The van der Waals surface area contributed by atoms with Gasteiger partial charge in [0.25, 0.3) is 0 Å². The molecule has 17 heavy (non-hydrogen) atoms. The molecule has 0 aromatic heterocycles. The normalized spacial score (nSPS) is 19.2. The molecule has 0 bridgehead atoms. The lowest BCUT2D eigenvalue weighted by Gasteiger charge is -2.27. The molecule has 0 aromatic carbocycles. The van der Waals surface area contributed by atoms with E-state index in [0.717, 1.165) is 6.42 Å². The average Bonchev–Trinajstić information content (AvgIpc) is 2.15. The molecule has 1 atom stereocenters. The Morgan fingerprint density at radius 3 is 2.53 bits per heavy atom.